The molecule has 132 valence electrons. The van der Waals surface area contributed by atoms with Crippen molar-refractivity contribution in [1.82, 2.24) is 4.98 Å². The van der Waals surface area contributed by atoms with E-state index >= 15 is 0 Å². The molecule has 0 fully saturated rings. The number of anilines is 1. The number of aromatic nitrogens is 1. The zero-order valence-electron chi connectivity index (χ0n) is 14.2. The minimum atomic E-state index is -3.97. The van der Waals surface area contributed by atoms with Crippen LogP contribution in [-0.4, -0.2) is 13.4 Å². The fourth-order valence-electron chi connectivity index (χ4n) is 2.58. The van der Waals surface area contributed by atoms with Crippen molar-refractivity contribution in [3.8, 4) is 17.3 Å². The Morgan fingerprint density at radius 1 is 1.12 bits per heavy atom. The molecule has 0 saturated carbocycles. The summed E-state index contributed by atoms with van der Waals surface area (Å²) in [7, 11) is -3.97. The fraction of sp³-hybridized carbons (Fsp3) is 0.105. The third-order valence-corrected chi connectivity index (χ3v) is 5.34. The predicted octanol–water partition coefficient (Wildman–Crippen LogP) is 4.11. The van der Waals surface area contributed by atoms with Crippen LogP contribution >= 0.6 is 0 Å². The quantitative estimate of drug-likeness (QED) is 0.726. The van der Waals surface area contributed by atoms with Crippen LogP contribution in [0.15, 0.2) is 53.6 Å². The topological polar surface area (TPSA) is 85.8 Å². The van der Waals surface area contributed by atoms with Crippen LogP contribution in [0.25, 0.3) is 11.3 Å². The summed E-state index contributed by atoms with van der Waals surface area (Å²) in [4.78, 5) is 2.96. The van der Waals surface area contributed by atoms with Crippen molar-refractivity contribution in [2.75, 3.05) is 4.72 Å². The SMILES string of the molecule is Cc1ccc(C)c(-c2cc(S(=O)(=O)Nc3ccc(C#N)cc3F)c[nH]2)c1. The molecule has 0 aliphatic heterocycles. The van der Waals surface area contributed by atoms with Gasteiger partial charge in [0.2, 0.25) is 0 Å². The van der Waals surface area contributed by atoms with Crippen molar-refractivity contribution < 1.29 is 12.8 Å². The normalized spacial score (nSPS) is 11.2. The molecule has 0 spiro atoms. The second-order valence-corrected chi connectivity index (χ2v) is 7.66. The molecule has 0 aliphatic rings. The van der Waals surface area contributed by atoms with Crippen LogP contribution in [0.2, 0.25) is 0 Å². The summed E-state index contributed by atoms with van der Waals surface area (Å²) < 4.78 is 41.3. The standard InChI is InChI=1S/C19H16FN3O2S/c1-12-3-4-13(2)16(7-12)19-9-15(11-22-19)26(24,25)23-18-6-5-14(10-21)8-17(18)20/h3-9,11,22-23H,1-2H3. The number of aryl methyl sites for hydroxylation is 2. The molecule has 2 N–H and O–H groups in total. The largest absolute Gasteiger partial charge is 0.360 e. The number of sulfonamides is 1. The number of halogens is 1. The third-order valence-electron chi connectivity index (χ3n) is 3.99. The molecule has 1 heterocycles. The minimum Gasteiger partial charge on any atom is -0.360 e. The van der Waals surface area contributed by atoms with Crippen LogP contribution in [0.3, 0.4) is 0 Å². The number of benzene rings is 2. The van der Waals surface area contributed by atoms with Crippen molar-refractivity contribution in [2.24, 2.45) is 0 Å². The lowest BCUT2D eigenvalue weighted by atomic mass is 10.0. The molecule has 3 aromatic rings. The minimum absolute atomic E-state index is 0.00262. The van der Waals surface area contributed by atoms with Gasteiger partial charge in [-0.1, -0.05) is 17.7 Å². The van der Waals surface area contributed by atoms with Crippen molar-refractivity contribution in [3.63, 3.8) is 0 Å². The van der Waals surface area contributed by atoms with Crippen molar-refractivity contribution in [3.05, 3.63) is 71.2 Å². The Labute approximate surface area is 151 Å². The lowest BCUT2D eigenvalue weighted by Gasteiger charge is -2.07. The first-order chi connectivity index (χ1) is 12.3. The lowest BCUT2D eigenvalue weighted by Crippen LogP contribution is -2.13. The molecule has 7 heteroatoms. The second-order valence-electron chi connectivity index (χ2n) is 5.98. The molecule has 26 heavy (non-hydrogen) atoms. The average molecular weight is 369 g/mol. The third kappa shape index (κ3) is 3.46. The number of nitriles is 1. The Hall–Kier alpha value is -3.11. The number of nitrogens with zero attached hydrogens (tertiary/aromatic N) is 1. The molecular weight excluding hydrogens is 353 g/mol. The smallest absolute Gasteiger partial charge is 0.263 e. The molecule has 0 unspecified atom stereocenters. The van der Waals surface area contributed by atoms with Crippen LogP contribution in [-0.2, 0) is 10.0 Å². The molecule has 0 bridgehead atoms. The summed E-state index contributed by atoms with van der Waals surface area (Å²) in [6, 6.07) is 12.8. The summed E-state index contributed by atoms with van der Waals surface area (Å²) in [5.74, 6) is -0.807. The molecule has 2 aromatic carbocycles. The zero-order valence-corrected chi connectivity index (χ0v) is 15.0. The fourth-order valence-corrected chi connectivity index (χ4v) is 3.64. The Kier molecular flexibility index (Phi) is 4.53. The van der Waals surface area contributed by atoms with Gasteiger partial charge in [-0.25, -0.2) is 12.8 Å². The van der Waals surface area contributed by atoms with E-state index in [0.717, 1.165) is 22.8 Å². The summed E-state index contributed by atoms with van der Waals surface area (Å²) in [6.45, 7) is 3.90. The number of H-pyrrole nitrogens is 1. The summed E-state index contributed by atoms with van der Waals surface area (Å²) in [5, 5.41) is 8.76. The molecule has 5 nitrogen and oxygen atoms in total. The monoisotopic (exact) mass is 369 g/mol. The Morgan fingerprint density at radius 2 is 1.88 bits per heavy atom. The van der Waals surface area contributed by atoms with Gasteiger partial charge in [0, 0.05) is 17.5 Å². The van der Waals surface area contributed by atoms with E-state index in [9.17, 15) is 12.8 Å². The van der Waals surface area contributed by atoms with Crippen molar-refractivity contribution >= 4 is 15.7 Å². The van der Waals surface area contributed by atoms with Crippen LogP contribution in [0.5, 0.6) is 0 Å². The van der Waals surface area contributed by atoms with E-state index in [4.69, 9.17) is 5.26 Å². The maximum Gasteiger partial charge on any atom is 0.263 e. The first-order valence-electron chi connectivity index (χ1n) is 7.78. The van der Waals surface area contributed by atoms with Gasteiger partial charge in [-0.15, -0.1) is 0 Å². The van der Waals surface area contributed by atoms with Crippen molar-refractivity contribution in [2.45, 2.75) is 18.7 Å². The van der Waals surface area contributed by atoms with E-state index in [2.05, 4.69) is 9.71 Å². The lowest BCUT2D eigenvalue weighted by molar-refractivity contribution is 0.598. The van der Waals surface area contributed by atoms with Gasteiger partial charge in [-0.2, -0.15) is 5.26 Å². The summed E-state index contributed by atoms with van der Waals surface area (Å²) in [5.41, 5.74) is 3.53. The van der Waals surface area contributed by atoms with E-state index in [1.807, 2.05) is 32.0 Å². The maximum atomic E-state index is 14.0. The van der Waals surface area contributed by atoms with Gasteiger partial charge >= 0.3 is 0 Å². The van der Waals surface area contributed by atoms with Crippen LogP contribution in [0, 0.1) is 31.0 Å². The Morgan fingerprint density at radius 3 is 2.58 bits per heavy atom. The molecule has 0 saturated heterocycles. The van der Waals surface area contributed by atoms with Crippen LogP contribution < -0.4 is 4.72 Å². The number of hydrogen-bond donors (Lipinski definition) is 2. The Bertz CT molecular complexity index is 1130. The second kappa shape index (κ2) is 6.65. The highest BCUT2D eigenvalue weighted by Crippen LogP contribution is 2.27. The molecule has 1 aromatic heterocycles. The van der Waals surface area contributed by atoms with E-state index in [1.165, 1.54) is 24.4 Å². The van der Waals surface area contributed by atoms with Crippen LogP contribution in [0.4, 0.5) is 10.1 Å². The van der Waals surface area contributed by atoms with Gasteiger partial charge < -0.3 is 4.98 Å². The zero-order chi connectivity index (χ0) is 18.9. The highest BCUT2D eigenvalue weighted by Gasteiger charge is 2.19. The van der Waals surface area contributed by atoms with Gasteiger partial charge in [0.25, 0.3) is 10.0 Å². The van der Waals surface area contributed by atoms with E-state index < -0.39 is 15.8 Å². The van der Waals surface area contributed by atoms with Gasteiger partial charge in [0.05, 0.1) is 17.3 Å². The van der Waals surface area contributed by atoms with Gasteiger partial charge in [-0.3, -0.25) is 4.72 Å². The number of aromatic amines is 1. The van der Waals surface area contributed by atoms with Gasteiger partial charge in [0.1, 0.15) is 10.7 Å². The predicted molar refractivity (Wildman–Crippen MR) is 97.6 cm³/mol. The number of hydrogen-bond acceptors (Lipinski definition) is 3. The first-order valence-corrected chi connectivity index (χ1v) is 9.27. The van der Waals surface area contributed by atoms with Crippen LogP contribution in [0.1, 0.15) is 16.7 Å². The highest BCUT2D eigenvalue weighted by atomic mass is 32.2. The molecule has 0 amide bonds. The van der Waals surface area contributed by atoms with E-state index in [-0.39, 0.29) is 16.1 Å². The van der Waals surface area contributed by atoms with Gasteiger partial charge in [-0.05, 0) is 49.7 Å². The molecular formula is C19H16FN3O2S. The number of rotatable bonds is 4. The Balaban J connectivity index is 1.93. The van der Waals surface area contributed by atoms with E-state index in [0.29, 0.717) is 5.69 Å². The molecule has 0 aliphatic carbocycles. The molecule has 0 radical (unpaired) electrons. The number of nitrogens with one attached hydrogen (secondary N) is 2. The molecule has 0 atom stereocenters. The maximum absolute atomic E-state index is 14.0. The first kappa shape index (κ1) is 17.7. The van der Waals surface area contributed by atoms with Crippen molar-refractivity contribution in [1.29, 1.82) is 5.26 Å². The summed E-state index contributed by atoms with van der Waals surface area (Å²) >= 11 is 0. The van der Waals surface area contributed by atoms with E-state index in [1.54, 1.807) is 6.07 Å². The highest BCUT2D eigenvalue weighted by molar-refractivity contribution is 7.92. The average Bonchev–Trinajstić information content (AvgIpc) is 3.09. The molecule has 3 rings (SSSR count). The summed E-state index contributed by atoms with van der Waals surface area (Å²) in [6.07, 6.45) is 1.36. The van der Waals surface area contributed by atoms with Gasteiger partial charge in [0.15, 0.2) is 0 Å².